The summed E-state index contributed by atoms with van der Waals surface area (Å²) in [5, 5.41) is -0.456. The van der Waals surface area contributed by atoms with Crippen molar-refractivity contribution in [1.29, 1.82) is 0 Å². The summed E-state index contributed by atoms with van der Waals surface area (Å²) in [4.78, 5) is 0.470. The lowest BCUT2D eigenvalue weighted by Gasteiger charge is -2.11. The van der Waals surface area contributed by atoms with E-state index < -0.39 is 15.1 Å². The summed E-state index contributed by atoms with van der Waals surface area (Å²) >= 11 is 0. The number of rotatable bonds is 1. The molecule has 2 unspecified atom stereocenters. The van der Waals surface area contributed by atoms with E-state index in [0.29, 0.717) is 11.3 Å². The molecule has 1 aliphatic rings. The lowest BCUT2D eigenvalue weighted by molar-refractivity contribution is 0.567. The van der Waals surface area contributed by atoms with Crippen LogP contribution in [0.4, 0.5) is 0 Å². The highest BCUT2D eigenvalue weighted by molar-refractivity contribution is 7.92. The second-order valence-electron chi connectivity index (χ2n) is 4.52. The quantitative estimate of drug-likeness (QED) is 0.814. The van der Waals surface area contributed by atoms with Crippen LogP contribution in [0.25, 0.3) is 0 Å². The second-order valence-corrected chi connectivity index (χ2v) is 6.62. The molecule has 0 saturated carbocycles. The number of aryl methyl sites for hydroxylation is 2. The molecule has 0 aromatic heterocycles. The Kier molecular flexibility index (Phi) is 2.59. The summed E-state index contributed by atoms with van der Waals surface area (Å²) < 4.78 is 24.6. The summed E-state index contributed by atoms with van der Waals surface area (Å²) in [5.41, 5.74) is 8.72. The van der Waals surface area contributed by atoms with Gasteiger partial charge in [-0.3, -0.25) is 0 Å². The van der Waals surface area contributed by atoms with Crippen LogP contribution in [0.15, 0.2) is 17.0 Å². The van der Waals surface area contributed by atoms with E-state index in [-0.39, 0.29) is 6.04 Å². The van der Waals surface area contributed by atoms with Gasteiger partial charge in [-0.05, 0) is 31.4 Å². The Balaban J connectivity index is 2.77. The van der Waals surface area contributed by atoms with Crippen LogP contribution in [-0.2, 0) is 9.84 Å². The molecule has 0 fully saturated rings. The lowest BCUT2D eigenvalue weighted by Crippen LogP contribution is -2.25. The molecule has 1 aromatic rings. The van der Waals surface area contributed by atoms with Crippen molar-refractivity contribution < 1.29 is 8.42 Å². The molecule has 0 amide bonds. The first kappa shape index (κ1) is 11.6. The van der Waals surface area contributed by atoms with E-state index in [1.807, 2.05) is 32.9 Å². The molecular weight excluding hydrogens is 222 g/mol. The van der Waals surface area contributed by atoms with E-state index in [4.69, 9.17) is 5.73 Å². The SMILES string of the molecule is CCC1C(N)c2cc(C)cc(C)c2S1(=O)=O. The molecule has 16 heavy (non-hydrogen) atoms. The van der Waals surface area contributed by atoms with Crippen molar-refractivity contribution in [3.05, 3.63) is 28.8 Å². The summed E-state index contributed by atoms with van der Waals surface area (Å²) in [7, 11) is -3.22. The van der Waals surface area contributed by atoms with Gasteiger partial charge < -0.3 is 5.73 Å². The van der Waals surface area contributed by atoms with E-state index >= 15 is 0 Å². The van der Waals surface area contributed by atoms with Crippen molar-refractivity contribution in [1.82, 2.24) is 0 Å². The molecule has 0 radical (unpaired) electrons. The minimum Gasteiger partial charge on any atom is -0.323 e. The number of sulfone groups is 1. The Morgan fingerprint density at radius 3 is 2.50 bits per heavy atom. The fourth-order valence-corrected chi connectivity index (χ4v) is 4.95. The molecule has 1 heterocycles. The minimum atomic E-state index is -3.22. The summed E-state index contributed by atoms with van der Waals surface area (Å²) in [5.74, 6) is 0. The zero-order valence-corrected chi connectivity index (χ0v) is 10.6. The van der Waals surface area contributed by atoms with E-state index in [1.54, 1.807) is 0 Å². The maximum Gasteiger partial charge on any atom is 0.183 e. The predicted molar refractivity (Wildman–Crippen MR) is 64.1 cm³/mol. The maximum atomic E-state index is 12.3. The highest BCUT2D eigenvalue weighted by Crippen LogP contribution is 2.41. The van der Waals surface area contributed by atoms with Crippen LogP contribution >= 0.6 is 0 Å². The Morgan fingerprint density at radius 2 is 1.94 bits per heavy atom. The number of hydrogen-bond donors (Lipinski definition) is 1. The first-order valence-corrected chi connectivity index (χ1v) is 7.04. The molecular formula is C12H17NO2S. The van der Waals surface area contributed by atoms with E-state index in [0.717, 1.165) is 16.7 Å². The van der Waals surface area contributed by atoms with Gasteiger partial charge in [0.25, 0.3) is 0 Å². The largest absolute Gasteiger partial charge is 0.323 e. The Morgan fingerprint density at radius 1 is 1.31 bits per heavy atom. The van der Waals surface area contributed by atoms with Gasteiger partial charge >= 0.3 is 0 Å². The van der Waals surface area contributed by atoms with Crippen LogP contribution in [0, 0.1) is 13.8 Å². The molecule has 4 heteroatoms. The van der Waals surface area contributed by atoms with Crippen LogP contribution < -0.4 is 5.73 Å². The zero-order valence-electron chi connectivity index (χ0n) is 9.82. The van der Waals surface area contributed by atoms with Crippen molar-refractivity contribution >= 4 is 9.84 Å². The van der Waals surface area contributed by atoms with E-state index in [9.17, 15) is 8.42 Å². The Hall–Kier alpha value is -0.870. The van der Waals surface area contributed by atoms with Crippen molar-refractivity contribution in [2.24, 2.45) is 5.73 Å². The normalized spacial score (nSPS) is 26.8. The Bertz CT molecular complexity index is 534. The Labute approximate surface area is 96.6 Å². The maximum absolute atomic E-state index is 12.3. The van der Waals surface area contributed by atoms with Crippen LogP contribution in [0.1, 0.15) is 36.1 Å². The number of nitrogens with two attached hydrogens (primary N) is 1. The molecule has 1 aromatic carbocycles. The van der Waals surface area contributed by atoms with Gasteiger partial charge in [-0.2, -0.15) is 0 Å². The number of fused-ring (bicyclic) bond motifs is 1. The molecule has 88 valence electrons. The van der Waals surface area contributed by atoms with Crippen LogP contribution in [0.2, 0.25) is 0 Å². The summed E-state index contributed by atoms with van der Waals surface area (Å²) in [6, 6.07) is 3.44. The lowest BCUT2D eigenvalue weighted by atomic mass is 9.99. The molecule has 2 rings (SSSR count). The van der Waals surface area contributed by atoms with Crippen molar-refractivity contribution in [2.45, 2.75) is 43.4 Å². The average molecular weight is 239 g/mol. The molecule has 3 nitrogen and oxygen atoms in total. The molecule has 0 spiro atoms. The molecule has 1 aliphatic heterocycles. The fraction of sp³-hybridized carbons (Fsp3) is 0.500. The highest BCUT2D eigenvalue weighted by Gasteiger charge is 2.42. The fourth-order valence-electron chi connectivity index (χ4n) is 2.64. The summed E-state index contributed by atoms with van der Waals surface area (Å²) in [6.45, 7) is 5.68. The molecule has 2 N–H and O–H groups in total. The van der Waals surface area contributed by atoms with Gasteiger partial charge in [-0.1, -0.05) is 24.6 Å². The standard InChI is InChI=1S/C12H17NO2S/c1-4-10-11(13)9-6-7(2)5-8(3)12(9)16(10,14)15/h5-6,10-11H,4,13H2,1-3H3. The van der Waals surface area contributed by atoms with Gasteiger partial charge in [-0.15, -0.1) is 0 Å². The first-order chi connectivity index (χ1) is 7.39. The highest BCUT2D eigenvalue weighted by atomic mass is 32.2. The van der Waals surface area contributed by atoms with Crippen molar-refractivity contribution in [2.75, 3.05) is 0 Å². The molecule has 0 bridgehead atoms. The third kappa shape index (κ3) is 1.40. The third-order valence-electron chi connectivity index (χ3n) is 3.29. The van der Waals surface area contributed by atoms with Crippen LogP contribution in [-0.4, -0.2) is 13.7 Å². The van der Waals surface area contributed by atoms with Gasteiger partial charge in [0.15, 0.2) is 9.84 Å². The smallest absolute Gasteiger partial charge is 0.183 e. The predicted octanol–water partition coefficient (Wildman–Crippen LogP) is 1.87. The number of benzene rings is 1. The second kappa shape index (κ2) is 3.57. The van der Waals surface area contributed by atoms with E-state index in [1.165, 1.54) is 0 Å². The van der Waals surface area contributed by atoms with Gasteiger partial charge in [0.1, 0.15) is 0 Å². The van der Waals surface area contributed by atoms with Crippen LogP contribution in [0.5, 0.6) is 0 Å². The monoisotopic (exact) mass is 239 g/mol. The first-order valence-electron chi connectivity index (χ1n) is 5.50. The summed E-state index contributed by atoms with van der Waals surface area (Å²) in [6.07, 6.45) is 0.566. The third-order valence-corrected chi connectivity index (χ3v) is 5.84. The minimum absolute atomic E-state index is 0.372. The van der Waals surface area contributed by atoms with Gasteiger partial charge in [0.2, 0.25) is 0 Å². The van der Waals surface area contributed by atoms with E-state index in [2.05, 4.69) is 0 Å². The average Bonchev–Trinajstić information content (AvgIpc) is 2.33. The number of hydrogen-bond acceptors (Lipinski definition) is 3. The molecule has 0 aliphatic carbocycles. The zero-order chi connectivity index (χ0) is 12.1. The van der Waals surface area contributed by atoms with Crippen molar-refractivity contribution in [3.63, 3.8) is 0 Å². The van der Waals surface area contributed by atoms with Gasteiger partial charge in [0.05, 0.1) is 10.1 Å². The molecule has 0 saturated heterocycles. The van der Waals surface area contributed by atoms with Crippen molar-refractivity contribution in [3.8, 4) is 0 Å². The molecule has 2 atom stereocenters. The van der Waals surface area contributed by atoms with Gasteiger partial charge in [0, 0.05) is 6.04 Å². The van der Waals surface area contributed by atoms with Gasteiger partial charge in [-0.25, -0.2) is 8.42 Å². The topological polar surface area (TPSA) is 60.2 Å². The van der Waals surface area contributed by atoms with Crippen LogP contribution in [0.3, 0.4) is 0 Å².